The highest BCUT2D eigenvalue weighted by Crippen LogP contribution is 2.40. The predicted octanol–water partition coefficient (Wildman–Crippen LogP) is 7.32. The third-order valence-corrected chi connectivity index (χ3v) is 7.06. The molecule has 1 saturated heterocycles. The molecule has 0 saturated carbocycles. The molecule has 192 valence electrons. The van der Waals surface area contributed by atoms with Crippen LogP contribution in [-0.2, 0) is 17.3 Å². The van der Waals surface area contributed by atoms with Crippen LogP contribution in [0.15, 0.2) is 42.5 Å². The number of aromatic hydroxyl groups is 1. The van der Waals surface area contributed by atoms with Crippen molar-refractivity contribution in [3.05, 3.63) is 64.7 Å². The number of hydrogen-bond donors (Lipinski definition) is 2. The van der Waals surface area contributed by atoms with Crippen molar-refractivity contribution in [1.29, 1.82) is 5.41 Å². The number of ketones is 1. The first kappa shape index (κ1) is 29.1. The van der Waals surface area contributed by atoms with E-state index < -0.39 is 0 Å². The summed E-state index contributed by atoms with van der Waals surface area (Å²) in [5, 5.41) is 19.9. The van der Waals surface area contributed by atoms with Crippen LogP contribution in [0.5, 0.6) is 5.75 Å². The van der Waals surface area contributed by atoms with Gasteiger partial charge in [0, 0.05) is 29.2 Å². The van der Waals surface area contributed by atoms with Crippen molar-refractivity contribution in [2.24, 2.45) is 11.8 Å². The van der Waals surface area contributed by atoms with Crippen LogP contribution in [0.1, 0.15) is 88.4 Å². The number of likely N-dealkylation sites (tertiary alicyclic amines) is 1. The molecule has 2 aromatic carbocycles. The van der Waals surface area contributed by atoms with Crippen molar-refractivity contribution in [2.45, 2.75) is 78.6 Å². The molecule has 0 amide bonds. The Bertz CT molecular complexity index is 1000. The Balaban J connectivity index is 0.00000432. The fraction of sp³-hybridized carbons (Fsp3) is 0.533. The minimum atomic E-state index is -0.284. The molecule has 4 nitrogen and oxygen atoms in total. The predicted molar refractivity (Wildman–Crippen MR) is 151 cm³/mol. The van der Waals surface area contributed by atoms with Crippen LogP contribution in [0.3, 0.4) is 0 Å². The smallest absolute Gasteiger partial charge is 0.182 e. The van der Waals surface area contributed by atoms with Gasteiger partial charge < -0.3 is 10.0 Å². The summed E-state index contributed by atoms with van der Waals surface area (Å²) in [6.07, 6.45) is 2.98. The quantitative estimate of drug-likeness (QED) is 0.360. The maximum absolute atomic E-state index is 13.5. The lowest BCUT2D eigenvalue weighted by Crippen LogP contribution is -2.33. The number of carbonyl (C=O) groups is 1. The Kier molecular flexibility index (Phi) is 9.38. The van der Waals surface area contributed by atoms with Crippen molar-refractivity contribution in [2.75, 3.05) is 13.1 Å². The average molecular weight is 544 g/mol. The Morgan fingerprint density at radius 3 is 2.06 bits per heavy atom. The topological polar surface area (TPSA) is 64.4 Å². The normalized spacial score (nSPS) is 18.5. The summed E-state index contributed by atoms with van der Waals surface area (Å²) in [5.41, 5.74) is 2.89. The van der Waals surface area contributed by atoms with Gasteiger partial charge in [0.2, 0.25) is 0 Å². The Labute approximate surface area is 222 Å². The minimum absolute atomic E-state index is 0. The molecule has 2 aromatic rings. The van der Waals surface area contributed by atoms with E-state index in [-0.39, 0.29) is 51.8 Å². The van der Waals surface area contributed by atoms with Gasteiger partial charge in [-0.2, -0.15) is 0 Å². The molecule has 1 aliphatic rings. The molecule has 0 aromatic heterocycles. The van der Waals surface area contributed by atoms with E-state index in [4.69, 9.17) is 5.41 Å². The Hall–Kier alpha value is -2.14. The number of Topliss-reactive ketones (excluding diaryl/α,β-unsaturated/α-hetero) is 1. The van der Waals surface area contributed by atoms with Crippen molar-refractivity contribution in [3.8, 4) is 5.75 Å². The number of rotatable bonds is 7. The number of benzene rings is 2. The van der Waals surface area contributed by atoms with Crippen molar-refractivity contribution in [1.82, 2.24) is 4.90 Å². The molecule has 2 N–H and O–H groups in total. The van der Waals surface area contributed by atoms with Crippen LogP contribution in [0.25, 0.3) is 0 Å². The molecule has 0 aliphatic carbocycles. The third kappa shape index (κ3) is 6.75. The maximum Gasteiger partial charge on any atom is 0.182 e. The van der Waals surface area contributed by atoms with Crippen molar-refractivity contribution in [3.63, 3.8) is 0 Å². The molecule has 2 atom stereocenters. The number of hydrogen-bond acceptors (Lipinski definition) is 3. The number of amidine groups is 1. The van der Waals surface area contributed by atoms with E-state index in [1.54, 1.807) is 0 Å². The summed E-state index contributed by atoms with van der Waals surface area (Å²) < 4.78 is 0. The molecule has 35 heavy (non-hydrogen) atoms. The molecular formula is C30H43BrN2O2. The van der Waals surface area contributed by atoms with Gasteiger partial charge in [0.15, 0.2) is 5.78 Å². The number of nitrogens with one attached hydrogen (secondary N) is 1. The van der Waals surface area contributed by atoms with E-state index >= 15 is 0 Å². The van der Waals surface area contributed by atoms with E-state index in [9.17, 15) is 9.90 Å². The first-order chi connectivity index (χ1) is 15.8. The number of phenolic OH excluding ortho intramolecular Hbond substituents is 1. The summed E-state index contributed by atoms with van der Waals surface area (Å²) in [7, 11) is 0. The number of nitrogens with zero attached hydrogens (tertiary/aromatic N) is 1. The second-order valence-electron chi connectivity index (χ2n) is 12.0. The maximum atomic E-state index is 13.5. The highest BCUT2D eigenvalue weighted by atomic mass is 79.9. The molecule has 0 radical (unpaired) electrons. The molecular weight excluding hydrogens is 500 g/mol. The molecule has 1 aliphatic heterocycles. The van der Waals surface area contributed by atoms with Crippen LogP contribution in [0, 0.1) is 17.2 Å². The van der Waals surface area contributed by atoms with Gasteiger partial charge in [0.25, 0.3) is 0 Å². The minimum Gasteiger partial charge on any atom is -0.507 e. The second kappa shape index (κ2) is 11.3. The standard InChI is InChI=1S/C30H42N2O2.BrH/c1-8-12-21-18-32(28(31)23(21)15-20-13-10-9-11-14-20)19-26(33)22-16-24(29(2,3)4)27(34)25(17-22)30(5,6)7;/h9-11,13-14,16-17,21,23,31,34H,8,12,15,18-19H2,1-7H3;1H/t21-,23+;/m0./s1. The SMILES string of the molecule is Br.CCC[C@H]1CN(CC(=O)c2cc(C(C)(C)C)c(O)c(C(C)(C)C)c2)C(=N)[C@@H]1Cc1ccccc1. The van der Waals surface area contributed by atoms with Gasteiger partial charge in [-0.15, -0.1) is 17.0 Å². The molecule has 5 heteroatoms. The van der Waals surface area contributed by atoms with Crippen LogP contribution < -0.4 is 0 Å². The highest BCUT2D eigenvalue weighted by Gasteiger charge is 2.38. The zero-order valence-corrected chi connectivity index (χ0v) is 24.2. The average Bonchev–Trinajstić information content (AvgIpc) is 3.02. The number of halogens is 1. The summed E-state index contributed by atoms with van der Waals surface area (Å²) in [4.78, 5) is 15.5. The van der Waals surface area contributed by atoms with Gasteiger partial charge in [-0.05, 0) is 47.3 Å². The van der Waals surface area contributed by atoms with Crippen LogP contribution in [0.4, 0.5) is 0 Å². The molecule has 1 fully saturated rings. The van der Waals surface area contributed by atoms with E-state index in [0.717, 1.165) is 36.9 Å². The molecule has 3 rings (SSSR count). The fourth-order valence-corrected chi connectivity index (χ4v) is 5.11. The lowest BCUT2D eigenvalue weighted by molar-refractivity contribution is 0.0963. The summed E-state index contributed by atoms with van der Waals surface area (Å²) in [5.74, 6) is 1.42. The van der Waals surface area contributed by atoms with E-state index in [0.29, 0.717) is 17.3 Å². The fourth-order valence-electron chi connectivity index (χ4n) is 5.11. The van der Waals surface area contributed by atoms with Gasteiger partial charge in [0.05, 0.1) is 6.54 Å². The van der Waals surface area contributed by atoms with Crippen molar-refractivity contribution < 1.29 is 9.90 Å². The largest absolute Gasteiger partial charge is 0.507 e. The second-order valence-corrected chi connectivity index (χ2v) is 12.0. The Morgan fingerprint density at radius 2 is 1.57 bits per heavy atom. The summed E-state index contributed by atoms with van der Waals surface area (Å²) >= 11 is 0. The molecule has 1 heterocycles. The highest BCUT2D eigenvalue weighted by molar-refractivity contribution is 8.93. The lowest BCUT2D eigenvalue weighted by Gasteiger charge is -2.28. The van der Waals surface area contributed by atoms with Crippen LogP contribution >= 0.6 is 17.0 Å². The van der Waals surface area contributed by atoms with E-state index in [1.165, 1.54) is 5.56 Å². The van der Waals surface area contributed by atoms with Gasteiger partial charge >= 0.3 is 0 Å². The first-order valence-corrected chi connectivity index (χ1v) is 12.6. The van der Waals surface area contributed by atoms with Crippen molar-refractivity contribution >= 4 is 28.6 Å². The molecule has 0 bridgehead atoms. The summed E-state index contributed by atoms with van der Waals surface area (Å²) in [6.45, 7) is 15.5. The molecule has 0 unspecified atom stereocenters. The van der Waals surface area contributed by atoms with Crippen LogP contribution in [-0.4, -0.2) is 34.7 Å². The van der Waals surface area contributed by atoms with Crippen LogP contribution in [0.2, 0.25) is 0 Å². The lowest BCUT2D eigenvalue weighted by atomic mass is 9.78. The zero-order valence-electron chi connectivity index (χ0n) is 22.4. The van der Waals surface area contributed by atoms with Gasteiger partial charge in [-0.3, -0.25) is 10.2 Å². The van der Waals surface area contributed by atoms with Gasteiger partial charge in [0.1, 0.15) is 11.6 Å². The van der Waals surface area contributed by atoms with Gasteiger partial charge in [-0.1, -0.05) is 85.2 Å². The summed E-state index contributed by atoms with van der Waals surface area (Å²) in [6, 6.07) is 14.1. The first-order valence-electron chi connectivity index (χ1n) is 12.6. The van der Waals surface area contributed by atoms with Gasteiger partial charge in [-0.25, -0.2) is 0 Å². The van der Waals surface area contributed by atoms with E-state index in [1.807, 2.05) is 23.1 Å². The third-order valence-electron chi connectivity index (χ3n) is 7.06. The number of phenols is 1. The monoisotopic (exact) mass is 542 g/mol. The zero-order chi connectivity index (χ0) is 25.3. The number of carbonyl (C=O) groups excluding carboxylic acids is 1. The Morgan fingerprint density at radius 1 is 1.03 bits per heavy atom. The van der Waals surface area contributed by atoms with E-state index in [2.05, 4.69) is 72.7 Å². The molecule has 0 spiro atoms.